The van der Waals surface area contributed by atoms with Crippen molar-refractivity contribution >= 4 is 29.9 Å². The van der Waals surface area contributed by atoms with Gasteiger partial charge >= 0.3 is 0 Å². The van der Waals surface area contributed by atoms with E-state index in [-0.39, 0.29) is 35.6 Å². The average molecular weight is 439 g/mol. The SMILES string of the molecule is C#CCN=C(NCC)NC1CC2(CCCC2)Oc2ccccc21.I. The van der Waals surface area contributed by atoms with Crippen molar-refractivity contribution in [2.24, 2.45) is 4.99 Å². The summed E-state index contributed by atoms with van der Waals surface area (Å²) in [5.74, 6) is 4.35. The Kier molecular flexibility index (Phi) is 6.79. The molecule has 1 aliphatic heterocycles. The maximum absolute atomic E-state index is 6.40. The van der Waals surface area contributed by atoms with E-state index >= 15 is 0 Å². The Morgan fingerprint density at radius 1 is 1.38 bits per heavy atom. The number of nitrogens with one attached hydrogen (secondary N) is 2. The number of guanidine groups is 1. The summed E-state index contributed by atoms with van der Waals surface area (Å²) in [6.07, 6.45) is 11.1. The summed E-state index contributed by atoms with van der Waals surface area (Å²) >= 11 is 0. The monoisotopic (exact) mass is 439 g/mol. The third kappa shape index (κ3) is 4.15. The van der Waals surface area contributed by atoms with E-state index in [0.717, 1.165) is 37.5 Å². The highest BCUT2D eigenvalue weighted by Crippen LogP contribution is 2.46. The number of para-hydroxylation sites is 1. The van der Waals surface area contributed by atoms with Crippen molar-refractivity contribution in [3.63, 3.8) is 0 Å². The fourth-order valence-corrected chi connectivity index (χ4v) is 3.68. The summed E-state index contributed by atoms with van der Waals surface area (Å²) in [7, 11) is 0. The van der Waals surface area contributed by atoms with Crippen LogP contribution in [0.1, 0.15) is 50.6 Å². The van der Waals surface area contributed by atoms with Crippen LogP contribution < -0.4 is 15.4 Å². The molecule has 1 fully saturated rings. The van der Waals surface area contributed by atoms with Gasteiger partial charge in [0.05, 0.1) is 6.04 Å². The fourth-order valence-electron chi connectivity index (χ4n) is 3.68. The number of halogens is 1. The molecule has 130 valence electrons. The Labute approximate surface area is 161 Å². The number of fused-ring (bicyclic) bond motifs is 1. The minimum absolute atomic E-state index is 0. The van der Waals surface area contributed by atoms with E-state index in [4.69, 9.17) is 11.2 Å². The van der Waals surface area contributed by atoms with Crippen LogP contribution >= 0.6 is 24.0 Å². The molecule has 1 aromatic rings. The molecule has 0 bridgehead atoms. The Morgan fingerprint density at radius 2 is 2.12 bits per heavy atom. The Hall–Kier alpha value is -1.42. The van der Waals surface area contributed by atoms with Gasteiger partial charge in [0.25, 0.3) is 0 Å². The first kappa shape index (κ1) is 18.9. The Balaban J connectivity index is 0.00000208. The van der Waals surface area contributed by atoms with E-state index < -0.39 is 0 Å². The average Bonchev–Trinajstić information content (AvgIpc) is 3.00. The number of aliphatic imine (C=N–C) groups is 1. The number of terminal acetylenes is 1. The van der Waals surface area contributed by atoms with Crippen LogP contribution in [0.4, 0.5) is 0 Å². The molecular weight excluding hydrogens is 413 g/mol. The van der Waals surface area contributed by atoms with Gasteiger partial charge in [0, 0.05) is 18.5 Å². The molecule has 1 aliphatic carbocycles. The van der Waals surface area contributed by atoms with E-state index in [1.54, 1.807) is 0 Å². The van der Waals surface area contributed by atoms with E-state index in [1.165, 1.54) is 18.4 Å². The van der Waals surface area contributed by atoms with Crippen LogP contribution in [-0.2, 0) is 0 Å². The van der Waals surface area contributed by atoms with Gasteiger partial charge in [-0.1, -0.05) is 24.1 Å². The molecule has 1 unspecified atom stereocenters. The molecule has 0 saturated heterocycles. The van der Waals surface area contributed by atoms with Crippen molar-refractivity contribution in [1.29, 1.82) is 0 Å². The quantitative estimate of drug-likeness (QED) is 0.327. The Bertz CT molecular complexity index is 617. The zero-order valence-electron chi connectivity index (χ0n) is 14.2. The summed E-state index contributed by atoms with van der Waals surface area (Å²) in [5, 5.41) is 6.84. The van der Waals surface area contributed by atoms with Gasteiger partial charge in [-0.25, -0.2) is 4.99 Å². The van der Waals surface area contributed by atoms with Gasteiger partial charge in [-0.05, 0) is 38.7 Å². The summed E-state index contributed by atoms with van der Waals surface area (Å²) in [5.41, 5.74) is 1.19. The normalized spacial score (nSPS) is 21.2. The van der Waals surface area contributed by atoms with Crippen LogP contribution in [0.2, 0.25) is 0 Å². The standard InChI is InChI=1S/C19H25N3O.HI/c1-3-13-21-18(20-4-2)22-16-14-19(11-7-8-12-19)23-17-10-6-5-9-15(16)17;/h1,5-6,9-10,16H,4,7-8,11-14H2,2H3,(H2,20,21,22);1H. The molecular formula is C19H26IN3O. The lowest BCUT2D eigenvalue weighted by atomic mass is 9.86. The lowest BCUT2D eigenvalue weighted by Gasteiger charge is -2.40. The Morgan fingerprint density at radius 3 is 2.83 bits per heavy atom. The molecule has 0 aromatic heterocycles. The highest BCUT2D eigenvalue weighted by molar-refractivity contribution is 14.0. The molecule has 2 N–H and O–H groups in total. The zero-order valence-corrected chi connectivity index (χ0v) is 16.5. The van der Waals surface area contributed by atoms with Gasteiger partial charge in [0.2, 0.25) is 0 Å². The molecule has 5 heteroatoms. The number of ether oxygens (including phenoxy) is 1. The van der Waals surface area contributed by atoms with Gasteiger partial charge in [0.15, 0.2) is 5.96 Å². The van der Waals surface area contributed by atoms with Crippen molar-refractivity contribution in [2.45, 2.75) is 50.7 Å². The van der Waals surface area contributed by atoms with Crippen LogP contribution in [0, 0.1) is 12.3 Å². The third-order valence-corrected chi connectivity index (χ3v) is 4.70. The van der Waals surface area contributed by atoms with E-state index in [9.17, 15) is 0 Å². The van der Waals surface area contributed by atoms with Gasteiger partial charge in [-0.3, -0.25) is 0 Å². The van der Waals surface area contributed by atoms with Gasteiger partial charge in [-0.15, -0.1) is 30.4 Å². The maximum atomic E-state index is 6.40. The molecule has 24 heavy (non-hydrogen) atoms. The second-order valence-corrected chi connectivity index (χ2v) is 6.33. The first-order valence-electron chi connectivity index (χ1n) is 8.52. The predicted octanol–water partition coefficient (Wildman–Crippen LogP) is 3.63. The van der Waals surface area contributed by atoms with Gasteiger partial charge in [-0.2, -0.15) is 0 Å². The lowest BCUT2D eigenvalue weighted by Crippen LogP contribution is -2.46. The molecule has 2 aliphatic rings. The highest BCUT2D eigenvalue weighted by Gasteiger charge is 2.43. The second kappa shape index (κ2) is 8.61. The van der Waals surface area contributed by atoms with Crippen LogP contribution in [0.25, 0.3) is 0 Å². The largest absolute Gasteiger partial charge is 0.487 e. The van der Waals surface area contributed by atoms with Crippen molar-refractivity contribution in [3.8, 4) is 18.1 Å². The third-order valence-electron chi connectivity index (χ3n) is 4.70. The second-order valence-electron chi connectivity index (χ2n) is 6.33. The topological polar surface area (TPSA) is 45.7 Å². The number of hydrogen-bond acceptors (Lipinski definition) is 2. The number of rotatable bonds is 3. The maximum Gasteiger partial charge on any atom is 0.192 e. The molecule has 0 radical (unpaired) electrons. The first-order chi connectivity index (χ1) is 11.3. The van der Waals surface area contributed by atoms with Gasteiger partial charge in [0.1, 0.15) is 17.9 Å². The smallest absolute Gasteiger partial charge is 0.192 e. The zero-order chi connectivity index (χ0) is 16.1. The summed E-state index contributed by atoms with van der Waals surface area (Å²) in [6.45, 7) is 3.25. The van der Waals surface area contributed by atoms with E-state index in [1.807, 2.05) is 6.07 Å². The van der Waals surface area contributed by atoms with Crippen molar-refractivity contribution in [3.05, 3.63) is 29.8 Å². The fraction of sp³-hybridized carbons (Fsp3) is 0.526. The molecule has 1 aromatic carbocycles. The van der Waals surface area contributed by atoms with Crippen LogP contribution in [0.15, 0.2) is 29.3 Å². The summed E-state index contributed by atoms with van der Waals surface area (Å²) < 4.78 is 6.40. The van der Waals surface area contributed by atoms with E-state index in [0.29, 0.717) is 6.54 Å². The van der Waals surface area contributed by atoms with Crippen LogP contribution in [-0.4, -0.2) is 24.7 Å². The molecule has 4 nitrogen and oxygen atoms in total. The minimum atomic E-state index is -0.0184. The molecule has 1 saturated carbocycles. The molecule has 3 rings (SSSR count). The predicted molar refractivity (Wildman–Crippen MR) is 109 cm³/mol. The molecule has 1 atom stereocenters. The summed E-state index contributed by atoms with van der Waals surface area (Å²) in [6, 6.07) is 8.53. The number of benzene rings is 1. The van der Waals surface area contributed by atoms with Crippen molar-refractivity contribution in [2.75, 3.05) is 13.1 Å². The molecule has 1 spiro atoms. The van der Waals surface area contributed by atoms with Gasteiger partial charge < -0.3 is 15.4 Å². The van der Waals surface area contributed by atoms with E-state index in [2.05, 4.69) is 46.7 Å². The molecule has 1 heterocycles. The van der Waals surface area contributed by atoms with Crippen LogP contribution in [0.3, 0.4) is 0 Å². The first-order valence-corrected chi connectivity index (χ1v) is 8.52. The molecule has 0 amide bonds. The lowest BCUT2D eigenvalue weighted by molar-refractivity contribution is 0.0396. The van der Waals surface area contributed by atoms with Crippen molar-refractivity contribution < 1.29 is 4.74 Å². The summed E-state index contributed by atoms with van der Waals surface area (Å²) in [4.78, 5) is 4.43. The van der Waals surface area contributed by atoms with Crippen LogP contribution in [0.5, 0.6) is 5.75 Å². The minimum Gasteiger partial charge on any atom is -0.487 e. The number of nitrogens with zero attached hydrogens (tertiary/aromatic N) is 1. The highest BCUT2D eigenvalue weighted by atomic mass is 127. The number of hydrogen-bond donors (Lipinski definition) is 2. The van der Waals surface area contributed by atoms with Crippen molar-refractivity contribution in [1.82, 2.24) is 10.6 Å².